The van der Waals surface area contributed by atoms with E-state index in [0.29, 0.717) is 11.8 Å². The van der Waals surface area contributed by atoms with Gasteiger partial charge in [-0.3, -0.25) is 0 Å². The maximum absolute atomic E-state index is 3.75. The van der Waals surface area contributed by atoms with E-state index in [9.17, 15) is 0 Å². The van der Waals surface area contributed by atoms with E-state index in [-0.39, 0.29) is 14.9 Å². The molecule has 0 heteroatoms. The molecular formula is C43H80. The lowest BCUT2D eigenvalue weighted by Gasteiger charge is -2.22. The number of benzene rings is 1. The van der Waals surface area contributed by atoms with Gasteiger partial charge in [-0.1, -0.05) is 164 Å². The second kappa shape index (κ2) is 24.7. The highest BCUT2D eigenvalue weighted by molar-refractivity contribution is 5.63. The lowest BCUT2D eigenvalue weighted by Crippen LogP contribution is -2.12. The van der Waals surface area contributed by atoms with Gasteiger partial charge >= 0.3 is 0 Å². The van der Waals surface area contributed by atoms with Crippen molar-refractivity contribution in [1.82, 2.24) is 0 Å². The fourth-order valence-corrected chi connectivity index (χ4v) is 5.28. The van der Waals surface area contributed by atoms with Gasteiger partial charge in [-0.05, 0) is 111 Å². The number of fused-ring (bicyclic) bond motifs is 3. The maximum Gasteiger partial charge on any atom is -0.00577 e. The highest BCUT2D eigenvalue weighted by Crippen LogP contribution is 2.50. The summed E-state index contributed by atoms with van der Waals surface area (Å²) in [5.74, 6) is 7.31. The van der Waals surface area contributed by atoms with Crippen molar-refractivity contribution < 1.29 is 0 Å². The molecule has 0 aliphatic heterocycles. The second-order valence-corrected chi connectivity index (χ2v) is 15.1. The molecule has 0 amide bonds. The summed E-state index contributed by atoms with van der Waals surface area (Å²) in [5.41, 5.74) is 7.04. The molecule has 0 aromatic heterocycles. The summed E-state index contributed by atoms with van der Waals surface area (Å²) in [6.45, 7) is 36.1. The van der Waals surface area contributed by atoms with Gasteiger partial charge in [0.2, 0.25) is 0 Å². The van der Waals surface area contributed by atoms with Crippen molar-refractivity contribution in [2.75, 3.05) is 0 Å². The van der Waals surface area contributed by atoms with Crippen molar-refractivity contribution in [3.63, 3.8) is 0 Å². The van der Waals surface area contributed by atoms with Gasteiger partial charge in [-0.15, -0.1) is 0 Å². The summed E-state index contributed by atoms with van der Waals surface area (Å²) < 4.78 is 0. The zero-order chi connectivity index (χ0) is 31.7. The van der Waals surface area contributed by atoms with Crippen molar-refractivity contribution in [2.24, 2.45) is 47.3 Å². The average Bonchev–Trinajstić information content (AvgIpc) is 3.60. The van der Waals surface area contributed by atoms with Crippen LogP contribution < -0.4 is 0 Å². The van der Waals surface area contributed by atoms with Gasteiger partial charge in [-0.25, -0.2) is 0 Å². The molecule has 3 unspecified atom stereocenters. The van der Waals surface area contributed by atoms with Crippen molar-refractivity contribution >= 4 is 6.08 Å². The standard InChI is InChI=1S/C13H16.C11H20.2C6H12.C5H12.2CH4/c1-10(2)7-11-8-12-5-3-4-6-13(12)9-11;1-8(2)5-11-7-9-3-4-10(11)6-9;2*1-5(2)6(3)4;1-4-5(2)3;;/h3-6,8,10H,7,9H2,1-2H3;8-11H,3-7H2,1-2H3;2*6H,1H2,2-4H3;5H,4H2,1-3H3;2*1H4. The van der Waals surface area contributed by atoms with Crippen molar-refractivity contribution in [3.05, 3.63) is 65.3 Å². The van der Waals surface area contributed by atoms with Gasteiger partial charge in [0, 0.05) is 0 Å². The minimum Gasteiger partial charge on any atom is -0.0999 e. The Bertz CT molecular complexity index is 857. The van der Waals surface area contributed by atoms with Gasteiger partial charge in [0.1, 0.15) is 0 Å². The summed E-state index contributed by atoms with van der Waals surface area (Å²) in [6.07, 6.45) is 13.8. The Morgan fingerprint density at radius 3 is 1.56 bits per heavy atom. The molecule has 3 aliphatic rings. The lowest BCUT2D eigenvalue weighted by atomic mass is 9.83. The Morgan fingerprint density at radius 2 is 1.23 bits per heavy atom. The molecule has 2 saturated carbocycles. The van der Waals surface area contributed by atoms with Crippen LogP contribution >= 0.6 is 0 Å². The first kappa shape index (κ1) is 45.9. The number of rotatable bonds is 7. The van der Waals surface area contributed by atoms with Gasteiger partial charge < -0.3 is 0 Å². The van der Waals surface area contributed by atoms with E-state index in [1.54, 1.807) is 31.3 Å². The fourth-order valence-electron chi connectivity index (χ4n) is 5.28. The van der Waals surface area contributed by atoms with Gasteiger partial charge in [0.05, 0.1) is 0 Å². The second-order valence-electron chi connectivity index (χ2n) is 15.1. The van der Waals surface area contributed by atoms with E-state index in [1.807, 2.05) is 13.8 Å². The van der Waals surface area contributed by atoms with Crippen LogP contribution in [0, 0.1) is 47.3 Å². The molecular weight excluding hydrogens is 516 g/mol. The van der Waals surface area contributed by atoms with E-state index in [0.717, 1.165) is 35.5 Å². The van der Waals surface area contributed by atoms with Gasteiger partial charge in [0.15, 0.2) is 0 Å². The first-order valence-electron chi connectivity index (χ1n) is 17.1. The molecule has 252 valence electrons. The fraction of sp³-hybridized carbons (Fsp3) is 0.721. The first-order valence-corrected chi connectivity index (χ1v) is 17.1. The largest absolute Gasteiger partial charge is 0.0999 e. The smallest absolute Gasteiger partial charge is 0.00577 e. The summed E-state index contributed by atoms with van der Waals surface area (Å²) in [4.78, 5) is 0. The molecule has 0 heterocycles. The minimum atomic E-state index is 0. The van der Waals surface area contributed by atoms with Crippen LogP contribution in [0.5, 0.6) is 0 Å². The molecule has 1 aromatic carbocycles. The van der Waals surface area contributed by atoms with Crippen LogP contribution in [0.3, 0.4) is 0 Å². The Morgan fingerprint density at radius 1 is 0.744 bits per heavy atom. The first-order chi connectivity index (χ1) is 19.1. The monoisotopic (exact) mass is 597 g/mol. The molecule has 0 N–H and O–H groups in total. The molecule has 0 nitrogen and oxygen atoms in total. The maximum atomic E-state index is 3.75. The van der Waals surface area contributed by atoms with Crippen LogP contribution in [-0.4, -0.2) is 0 Å². The molecule has 43 heavy (non-hydrogen) atoms. The number of allylic oxidation sites excluding steroid dienone is 3. The highest BCUT2D eigenvalue weighted by atomic mass is 14.4. The normalized spacial score (nSPS) is 18.9. The summed E-state index contributed by atoms with van der Waals surface area (Å²) in [5, 5.41) is 0. The predicted molar refractivity (Wildman–Crippen MR) is 204 cm³/mol. The zero-order valence-electron chi connectivity index (χ0n) is 30.1. The van der Waals surface area contributed by atoms with E-state index in [1.165, 1.54) is 48.0 Å². The number of hydrogen-bond donors (Lipinski definition) is 0. The van der Waals surface area contributed by atoms with Crippen molar-refractivity contribution in [3.8, 4) is 0 Å². The van der Waals surface area contributed by atoms with Crippen LogP contribution in [0.2, 0.25) is 0 Å². The molecule has 0 saturated heterocycles. The molecule has 3 atom stereocenters. The molecule has 2 bridgehead atoms. The van der Waals surface area contributed by atoms with E-state index in [2.05, 4.69) is 120 Å². The van der Waals surface area contributed by atoms with Crippen LogP contribution in [0.15, 0.2) is 54.1 Å². The quantitative estimate of drug-likeness (QED) is 0.275. The molecule has 4 rings (SSSR count). The molecule has 2 fully saturated rings. The van der Waals surface area contributed by atoms with E-state index >= 15 is 0 Å². The van der Waals surface area contributed by atoms with E-state index < -0.39 is 0 Å². The number of hydrogen-bond acceptors (Lipinski definition) is 0. The van der Waals surface area contributed by atoms with E-state index in [4.69, 9.17) is 0 Å². The van der Waals surface area contributed by atoms with Crippen LogP contribution in [0.1, 0.15) is 161 Å². The summed E-state index contributed by atoms with van der Waals surface area (Å²) in [7, 11) is 0. The topological polar surface area (TPSA) is 0 Å². The Kier molecular flexibility index (Phi) is 26.4. The Labute approximate surface area is 274 Å². The van der Waals surface area contributed by atoms with Gasteiger partial charge in [-0.2, -0.15) is 0 Å². The van der Waals surface area contributed by atoms with Crippen LogP contribution in [0.4, 0.5) is 0 Å². The molecule has 1 aromatic rings. The van der Waals surface area contributed by atoms with Gasteiger partial charge in [0.25, 0.3) is 0 Å². The van der Waals surface area contributed by atoms with Crippen molar-refractivity contribution in [2.45, 2.75) is 156 Å². The third-order valence-corrected chi connectivity index (χ3v) is 8.95. The van der Waals surface area contributed by atoms with Crippen molar-refractivity contribution in [1.29, 1.82) is 0 Å². The van der Waals surface area contributed by atoms with Crippen LogP contribution in [0.25, 0.3) is 6.08 Å². The van der Waals surface area contributed by atoms with Crippen LogP contribution in [-0.2, 0) is 6.42 Å². The lowest BCUT2D eigenvalue weighted by molar-refractivity contribution is 0.283. The third kappa shape index (κ3) is 21.7. The highest BCUT2D eigenvalue weighted by Gasteiger charge is 2.39. The zero-order valence-corrected chi connectivity index (χ0v) is 30.1. The third-order valence-electron chi connectivity index (χ3n) is 8.95. The Hall–Kier alpha value is -1.56. The SMILES string of the molecule is C.C.C=C(C)C(C)C.C=C(C)C(C)C.CC(C)CC1=Cc2ccccc2C1.CC(C)CC1CC2CCC1C2.CCC(C)C. The predicted octanol–water partition coefficient (Wildman–Crippen LogP) is 14.9. The minimum absolute atomic E-state index is 0. The average molecular weight is 597 g/mol. The summed E-state index contributed by atoms with van der Waals surface area (Å²) in [6, 6.07) is 8.69. The molecule has 0 radical (unpaired) electrons. The Balaban J connectivity index is -0.000000487. The molecule has 3 aliphatic carbocycles. The summed E-state index contributed by atoms with van der Waals surface area (Å²) >= 11 is 0. The molecule has 0 spiro atoms.